The fourth-order valence-electron chi connectivity index (χ4n) is 2.78. The largest absolute Gasteiger partial charge is 0.465 e. The highest BCUT2D eigenvalue weighted by atomic mass is 16.4. The number of rotatable bonds is 1. The first-order valence-electron chi connectivity index (χ1n) is 5.18. The molecule has 0 aromatic heterocycles. The molecule has 2 aliphatic heterocycles. The maximum atomic E-state index is 11.0. The molecule has 0 unspecified atom stereocenters. The van der Waals surface area contributed by atoms with Crippen molar-refractivity contribution in [3.8, 4) is 0 Å². The topological polar surface area (TPSA) is 101 Å². The molecule has 0 aromatic rings. The molecule has 16 heavy (non-hydrogen) atoms. The Hall–Kier alpha value is -1.50. The average molecular weight is 230 g/mol. The Bertz CT molecular complexity index is 321. The van der Waals surface area contributed by atoms with Gasteiger partial charge in [-0.25, -0.2) is 9.59 Å². The van der Waals surface area contributed by atoms with E-state index in [0.29, 0.717) is 12.8 Å². The lowest BCUT2D eigenvalue weighted by Crippen LogP contribution is -2.63. The van der Waals surface area contributed by atoms with Crippen molar-refractivity contribution in [2.45, 2.75) is 31.0 Å². The van der Waals surface area contributed by atoms with Crippen molar-refractivity contribution in [2.75, 3.05) is 13.2 Å². The summed E-state index contributed by atoms with van der Waals surface area (Å²) in [6, 6.07) is -1.30. The van der Waals surface area contributed by atoms with Crippen molar-refractivity contribution in [1.29, 1.82) is 0 Å². The third kappa shape index (κ3) is 1.47. The van der Waals surface area contributed by atoms with Crippen molar-refractivity contribution in [3.63, 3.8) is 0 Å². The Kier molecular flexibility index (Phi) is 2.63. The van der Waals surface area contributed by atoms with Gasteiger partial charge < -0.3 is 15.3 Å². The predicted octanol–water partition coefficient (Wildman–Crippen LogP) is -0.148. The quantitative estimate of drug-likeness (QED) is 0.581. The van der Waals surface area contributed by atoms with Crippen molar-refractivity contribution >= 4 is 12.2 Å². The lowest BCUT2D eigenvalue weighted by Gasteiger charge is -2.43. The second-order valence-electron chi connectivity index (χ2n) is 4.17. The van der Waals surface area contributed by atoms with E-state index in [2.05, 4.69) is 0 Å². The van der Waals surface area contributed by atoms with Gasteiger partial charge in [-0.15, -0.1) is 0 Å². The monoisotopic (exact) mass is 230 g/mol. The van der Waals surface area contributed by atoms with Gasteiger partial charge in [0, 0.05) is 6.54 Å². The minimum absolute atomic E-state index is 0.156. The molecule has 0 spiro atoms. The standard InChI is InChI=1S/C9H14N2O5/c12-4-7-6-2-1-5(11(6)9(15)16)3-10(7)8(13)14/h5-7,12H,1-4H2,(H,13,14)(H,15,16)/t5-,6+,7+/m0/s1. The molecule has 7 heteroatoms. The average Bonchev–Trinajstić information content (AvgIpc) is 2.53. The van der Waals surface area contributed by atoms with Crippen molar-refractivity contribution in [3.05, 3.63) is 0 Å². The highest BCUT2D eigenvalue weighted by molar-refractivity contribution is 5.70. The summed E-state index contributed by atoms with van der Waals surface area (Å²) in [5, 5.41) is 27.2. The first-order valence-corrected chi connectivity index (χ1v) is 5.18. The Labute approximate surface area is 91.9 Å². The van der Waals surface area contributed by atoms with Gasteiger partial charge in [0.1, 0.15) is 0 Å². The van der Waals surface area contributed by atoms with Crippen molar-refractivity contribution in [1.82, 2.24) is 9.80 Å². The van der Waals surface area contributed by atoms with Crippen LogP contribution in [-0.4, -0.2) is 68.6 Å². The molecule has 2 fully saturated rings. The molecule has 2 aliphatic rings. The molecule has 7 nitrogen and oxygen atoms in total. The van der Waals surface area contributed by atoms with Gasteiger partial charge in [0.15, 0.2) is 0 Å². The fraction of sp³-hybridized carbons (Fsp3) is 0.778. The van der Waals surface area contributed by atoms with Crippen molar-refractivity contribution < 1.29 is 24.9 Å². The van der Waals surface area contributed by atoms with Gasteiger partial charge in [-0.05, 0) is 12.8 Å². The van der Waals surface area contributed by atoms with Crippen LogP contribution in [-0.2, 0) is 0 Å². The summed E-state index contributed by atoms with van der Waals surface area (Å²) in [5.74, 6) is 0. The number of carbonyl (C=O) groups is 2. The number of aliphatic hydroxyl groups is 1. The van der Waals surface area contributed by atoms with Crippen molar-refractivity contribution in [2.24, 2.45) is 0 Å². The molecule has 2 rings (SSSR count). The maximum absolute atomic E-state index is 11.0. The zero-order valence-electron chi connectivity index (χ0n) is 8.61. The Morgan fingerprint density at radius 1 is 1.19 bits per heavy atom. The summed E-state index contributed by atoms with van der Waals surface area (Å²) < 4.78 is 0. The van der Waals surface area contributed by atoms with Gasteiger partial charge >= 0.3 is 12.2 Å². The summed E-state index contributed by atoms with van der Waals surface area (Å²) in [6.45, 7) is -0.184. The van der Waals surface area contributed by atoms with Crippen LogP contribution in [0.5, 0.6) is 0 Å². The number of hydrogen-bond donors (Lipinski definition) is 3. The molecule has 2 bridgehead atoms. The van der Waals surface area contributed by atoms with E-state index >= 15 is 0 Å². The molecule has 3 atom stereocenters. The molecule has 3 N–H and O–H groups in total. The maximum Gasteiger partial charge on any atom is 0.407 e. The van der Waals surface area contributed by atoms with Crippen LogP contribution in [0.25, 0.3) is 0 Å². The Morgan fingerprint density at radius 3 is 2.38 bits per heavy atom. The van der Waals surface area contributed by atoms with Gasteiger partial charge in [-0.1, -0.05) is 0 Å². The second-order valence-corrected chi connectivity index (χ2v) is 4.17. The van der Waals surface area contributed by atoms with Crippen LogP contribution in [0.1, 0.15) is 12.8 Å². The minimum atomic E-state index is -1.10. The van der Waals surface area contributed by atoms with Gasteiger partial charge in [0.05, 0.1) is 24.7 Å². The molecule has 2 saturated heterocycles. The van der Waals surface area contributed by atoms with E-state index < -0.39 is 24.3 Å². The lowest BCUT2D eigenvalue weighted by atomic mass is 10.0. The van der Waals surface area contributed by atoms with E-state index in [9.17, 15) is 14.7 Å². The van der Waals surface area contributed by atoms with Crippen LogP contribution in [0, 0.1) is 0 Å². The highest BCUT2D eigenvalue weighted by Crippen LogP contribution is 2.34. The molecular formula is C9H14N2O5. The molecule has 0 aliphatic carbocycles. The van der Waals surface area contributed by atoms with Crippen LogP contribution < -0.4 is 0 Å². The number of hydrogen-bond acceptors (Lipinski definition) is 3. The summed E-state index contributed by atoms with van der Waals surface area (Å²) in [7, 11) is 0. The fourth-order valence-corrected chi connectivity index (χ4v) is 2.78. The van der Waals surface area contributed by atoms with Gasteiger partial charge in [-0.3, -0.25) is 9.80 Å². The number of aliphatic hydroxyl groups excluding tert-OH is 1. The first kappa shape index (κ1) is 11.0. The lowest BCUT2D eigenvalue weighted by molar-refractivity contribution is 0.00481. The second kappa shape index (κ2) is 3.82. The molecule has 90 valence electrons. The van der Waals surface area contributed by atoms with E-state index in [1.165, 1.54) is 4.90 Å². The highest BCUT2D eigenvalue weighted by Gasteiger charge is 2.49. The summed E-state index contributed by atoms with van der Waals surface area (Å²) in [4.78, 5) is 24.4. The number of likely N-dealkylation sites (tertiary alicyclic amines) is 1. The molecular weight excluding hydrogens is 216 g/mol. The van der Waals surface area contributed by atoms with Gasteiger partial charge in [0.25, 0.3) is 0 Å². The smallest absolute Gasteiger partial charge is 0.407 e. The number of piperazine rings is 1. The predicted molar refractivity (Wildman–Crippen MR) is 52.3 cm³/mol. The number of nitrogens with zero attached hydrogens (tertiary/aromatic N) is 2. The summed E-state index contributed by atoms with van der Waals surface area (Å²) in [5.41, 5.74) is 0. The molecule has 2 amide bonds. The van der Waals surface area contributed by atoms with Gasteiger partial charge in [-0.2, -0.15) is 0 Å². The van der Waals surface area contributed by atoms with E-state index in [4.69, 9.17) is 10.2 Å². The number of carboxylic acid groups (broad SMARTS) is 2. The first-order chi connectivity index (χ1) is 7.56. The minimum Gasteiger partial charge on any atom is -0.465 e. The van der Waals surface area contributed by atoms with Crippen LogP contribution >= 0.6 is 0 Å². The zero-order chi connectivity index (χ0) is 11.9. The molecule has 0 radical (unpaired) electrons. The third-order valence-electron chi connectivity index (χ3n) is 3.45. The van der Waals surface area contributed by atoms with Crippen LogP contribution in [0.4, 0.5) is 9.59 Å². The van der Waals surface area contributed by atoms with Crippen LogP contribution in [0.2, 0.25) is 0 Å². The van der Waals surface area contributed by atoms with E-state index in [0.717, 1.165) is 4.90 Å². The van der Waals surface area contributed by atoms with Crippen LogP contribution in [0.3, 0.4) is 0 Å². The number of fused-ring (bicyclic) bond motifs is 2. The molecule has 0 aromatic carbocycles. The van der Waals surface area contributed by atoms with Gasteiger partial charge in [0.2, 0.25) is 0 Å². The van der Waals surface area contributed by atoms with E-state index in [1.54, 1.807) is 0 Å². The summed E-state index contributed by atoms with van der Waals surface area (Å²) >= 11 is 0. The molecule has 0 saturated carbocycles. The third-order valence-corrected chi connectivity index (χ3v) is 3.45. The van der Waals surface area contributed by atoms with Crippen LogP contribution in [0.15, 0.2) is 0 Å². The normalized spacial score (nSPS) is 32.9. The Balaban J connectivity index is 2.25. The SMILES string of the molecule is O=C(O)N1C[C@@H]2CC[C@H]([C@H]1CO)N2C(=O)O. The Morgan fingerprint density at radius 2 is 1.88 bits per heavy atom. The molecule has 2 heterocycles. The van der Waals surface area contributed by atoms with E-state index in [1.807, 2.05) is 0 Å². The number of amides is 2. The summed E-state index contributed by atoms with van der Waals surface area (Å²) in [6.07, 6.45) is -0.847. The van der Waals surface area contributed by atoms with E-state index in [-0.39, 0.29) is 19.2 Å². The zero-order valence-corrected chi connectivity index (χ0v) is 8.61.